The van der Waals surface area contributed by atoms with Crippen molar-refractivity contribution < 1.29 is 19.0 Å². The normalized spacial score (nSPS) is 14.8. The maximum absolute atomic E-state index is 11.6. The van der Waals surface area contributed by atoms with Crippen molar-refractivity contribution in [3.63, 3.8) is 0 Å². The average molecular weight is 413 g/mol. The van der Waals surface area contributed by atoms with Gasteiger partial charge in [-0.2, -0.15) is 0 Å². The van der Waals surface area contributed by atoms with E-state index in [1.54, 1.807) is 17.8 Å². The number of carbonyl (C=O) groups is 1. The third-order valence-corrected chi connectivity index (χ3v) is 5.79. The van der Waals surface area contributed by atoms with Gasteiger partial charge in [0.25, 0.3) is 5.91 Å². The quantitative estimate of drug-likeness (QED) is 0.555. The number of amides is 1. The molecule has 152 valence electrons. The fourth-order valence-corrected chi connectivity index (χ4v) is 3.80. The number of ether oxygens (including phenoxy) is 3. The first-order chi connectivity index (χ1) is 14.1. The Bertz CT molecular complexity index is 994. The summed E-state index contributed by atoms with van der Waals surface area (Å²) in [5.74, 6) is 1.98. The van der Waals surface area contributed by atoms with Crippen LogP contribution in [0.5, 0.6) is 17.2 Å². The van der Waals surface area contributed by atoms with Crippen molar-refractivity contribution in [2.24, 2.45) is 11.7 Å². The van der Waals surface area contributed by atoms with Gasteiger partial charge >= 0.3 is 0 Å². The summed E-state index contributed by atoms with van der Waals surface area (Å²) in [5, 5.41) is 0.819. The van der Waals surface area contributed by atoms with Gasteiger partial charge in [-0.15, -0.1) is 11.8 Å². The SMILES string of the molecule is CSc1ccc(Oc2cc(OCC3CCOCC3)c3[nH]c(C(N)=O)cc3c2)cc1. The Morgan fingerprint density at radius 2 is 1.93 bits per heavy atom. The molecule has 1 fully saturated rings. The van der Waals surface area contributed by atoms with E-state index < -0.39 is 5.91 Å². The molecule has 0 unspecified atom stereocenters. The molecule has 1 saturated heterocycles. The van der Waals surface area contributed by atoms with Gasteiger partial charge in [0.05, 0.1) is 12.1 Å². The maximum Gasteiger partial charge on any atom is 0.265 e. The number of hydrogen-bond donors (Lipinski definition) is 2. The molecule has 3 aromatic rings. The molecule has 0 spiro atoms. The van der Waals surface area contributed by atoms with Crippen LogP contribution in [0.15, 0.2) is 47.4 Å². The van der Waals surface area contributed by atoms with Crippen LogP contribution >= 0.6 is 11.8 Å². The summed E-state index contributed by atoms with van der Waals surface area (Å²) < 4.78 is 17.6. The lowest BCUT2D eigenvalue weighted by atomic mass is 10.0. The molecule has 0 saturated carbocycles. The van der Waals surface area contributed by atoms with Crippen molar-refractivity contribution in [1.29, 1.82) is 0 Å². The highest BCUT2D eigenvalue weighted by Gasteiger charge is 2.17. The predicted molar refractivity (Wildman–Crippen MR) is 114 cm³/mol. The molecular weight excluding hydrogens is 388 g/mol. The molecule has 7 heteroatoms. The van der Waals surface area contributed by atoms with E-state index in [9.17, 15) is 4.79 Å². The van der Waals surface area contributed by atoms with E-state index in [1.807, 2.05) is 42.7 Å². The van der Waals surface area contributed by atoms with Crippen molar-refractivity contribution >= 4 is 28.6 Å². The van der Waals surface area contributed by atoms with Gasteiger partial charge in [-0.1, -0.05) is 0 Å². The number of carbonyl (C=O) groups excluding carboxylic acids is 1. The molecule has 2 aromatic carbocycles. The van der Waals surface area contributed by atoms with E-state index in [-0.39, 0.29) is 0 Å². The zero-order chi connectivity index (χ0) is 20.2. The highest BCUT2D eigenvalue weighted by Crippen LogP contribution is 2.35. The molecule has 3 N–H and O–H groups in total. The minimum Gasteiger partial charge on any atom is -0.491 e. The van der Waals surface area contributed by atoms with Gasteiger partial charge in [-0.25, -0.2) is 0 Å². The Hall–Kier alpha value is -2.64. The summed E-state index contributed by atoms with van der Waals surface area (Å²) in [5.41, 5.74) is 6.54. The molecule has 1 amide bonds. The number of nitrogens with two attached hydrogens (primary N) is 1. The van der Waals surface area contributed by atoms with E-state index >= 15 is 0 Å². The molecule has 0 radical (unpaired) electrons. The number of nitrogens with one attached hydrogen (secondary N) is 1. The number of H-pyrrole nitrogens is 1. The highest BCUT2D eigenvalue weighted by atomic mass is 32.2. The highest BCUT2D eigenvalue weighted by molar-refractivity contribution is 7.98. The summed E-state index contributed by atoms with van der Waals surface area (Å²) in [6.45, 7) is 2.13. The predicted octanol–water partition coefficient (Wildman–Crippen LogP) is 4.59. The van der Waals surface area contributed by atoms with Crippen LogP contribution < -0.4 is 15.2 Å². The van der Waals surface area contributed by atoms with Gasteiger partial charge in [0.15, 0.2) is 0 Å². The number of rotatable bonds is 7. The van der Waals surface area contributed by atoms with Gasteiger partial charge in [-0.05, 0) is 61.4 Å². The number of hydrogen-bond acceptors (Lipinski definition) is 5. The molecule has 1 aliphatic heterocycles. The second kappa shape index (κ2) is 8.80. The van der Waals surface area contributed by atoms with Crippen molar-refractivity contribution in [1.82, 2.24) is 4.98 Å². The number of aromatic amines is 1. The Morgan fingerprint density at radius 3 is 2.62 bits per heavy atom. The van der Waals surface area contributed by atoms with Crippen LogP contribution in [-0.4, -0.2) is 37.0 Å². The number of aromatic nitrogens is 1. The van der Waals surface area contributed by atoms with Crippen molar-refractivity contribution in [3.8, 4) is 17.2 Å². The van der Waals surface area contributed by atoms with Crippen LogP contribution in [0.4, 0.5) is 0 Å². The molecular formula is C22H24N2O4S. The third kappa shape index (κ3) is 4.68. The number of primary amides is 1. The van der Waals surface area contributed by atoms with Crippen LogP contribution in [0.1, 0.15) is 23.3 Å². The van der Waals surface area contributed by atoms with Crippen molar-refractivity contribution in [3.05, 3.63) is 48.2 Å². The number of fused-ring (bicyclic) bond motifs is 1. The molecule has 29 heavy (non-hydrogen) atoms. The molecule has 2 heterocycles. The van der Waals surface area contributed by atoms with Gasteiger partial charge in [0.1, 0.15) is 22.9 Å². The zero-order valence-corrected chi connectivity index (χ0v) is 17.1. The van der Waals surface area contributed by atoms with Gasteiger partial charge in [0.2, 0.25) is 0 Å². The molecule has 6 nitrogen and oxygen atoms in total. The first-order valence-corrected chi connectivity index (χ1v) is 10.8. The van der Waals surface area contributed by atoms with Crippen LogP contribution in [-0.2, 0) is 4.74 Å². The van der Waals surface area contributed by atoms with E-state index in [0.29, 0.717) is 29.7 Å². The fourth-order valence-electron chi connectivity index (χ4n) is 3.39. The smallest absolute Gasteiger partial charge is 0.265 e. The monoisotopic (exact) mass is 412 g/mol. The van der Waals surface area contributed by atoms with Gasteiger partial charge < -0.3 is 24.9 Å². The molecule has 1 aromatic heterocycles. The van der Waals surface area contributed by atoms with E-state index in [0.717, 1.165) is 42.7 Å². The van der Waals surface area contributed by atoms with Crippen LogP contribution in [0.2, 0.25) is 0 Å². The first kappa shape index (κ1) is 19.7. The Labute approximate surface area is 173 Å². The molecule has 0 aliphatic carbocycles. The van der Waals surface area contributed by atoms with E-state index in [1.165, 1.54) is 4.90 Å². The molecule has 0 atom stereocenters. The summed E-state index contributed by atoms with van der Waals surface area (Å²) in [6, 6.07) is 13.4. The maximum atomic E-state index is 11.6. The number of thioether (sulfide) groups is 1. The lowest BCUT2D eigenvalue weighted by Gasteiger charge is -2.22. The lowest BCUT2D eigenvalue weighted by Crippen LogP contribution is -2.21. The average Bonchev–Trinajstić information content (AvgIpc) is 3.18. The van der Waals surface area contributed by atoms with Crippen molar-refractivity contribution in [2.75, 3.05) is 26.1 Å². The summed E-state index contributed by atoms with van der Waals surface area (Å²) in [4.78, 5) is 15.9. The molecule has 1 aliphatic rings. The van der Waals surface area contributed by atoms with Gasteiger partial charge in [0, 0.05) is 29.6 Å². The minimum atomic E-state index is -0.508. The summed E-state index contributed by atoms with van der Waals surface area (Å²) in [6.07, 6.45) is 4.00. The topological polar surface area (TPSA) is 86.6 Å². The fraction of sp³-hybridized carbons (Fsp3) is 0.318. The van der Waals surface area contributed by atoms with Crippen molar-refractivity contribution in [2.45, 2.75) is 17.7 Å². The lowest BCUT2D eigenvalue weighted by molar-refractivity contribution is 0.0499. The summed E-state index contributed by atoms with van der Waals surface area (Å²) >= 11 is 1.68. The van der Waals surface area contributed by atoms with Crippen LogP contribution in [0.3, 0.4) is 0 Å². The summed E-state index contributed by atoms with van der Waals surface area (Å²) in [7, 11) is 0. The first-order valence-electron chi connectivity index (χ1n) is 9.61. The van der Waals surface area contributed by atoms with Crippen LogP contribution in [0, 0.1) is 5.92 Å². The number of benzene rings is 2. The minimum absolute atomic E-state index is 0.345. The van der Waals surface area contributed by atoms with Gasteiger partial charge in [-0.3, -0.25) is 4.79 Å². The standard InChI is InChI=1S/C22H24N2O4S/c1-29-18-4-2-16(3-5-18)28-17-10-15-11-19(22(23)25)24-21(15)20(12-17)27-13-14-6-8-26-9-7-14/h2-5,10-12,14,24H,6-9,13H2,1H3,(H2,23,25). The Balaban J connectivity index is 1.61. The second-order valence-electron chi connectivity index (χ2n) is 7.08. The van der Waals surface area contributed by atoms with Crippen LogP contribution in [0.25, 0.3) is 10.9 Å². The molecule has 0 bridgehead atoms. The second-order valence-corrected chi connectivity index (χ2v) is 7.96. The van der Waals surface area contributed by atoms with E-state index in [2.05, 4.69) is 4.98 Å². The largest absolute Gasteiger partial charge is 0.491 e. The Kier molecular flexibility index (Phi) is 5.97. The third-order valence-electron chi connectivity index (χ3n) is 5.04. The van der Waals surface area contributed by atoms with E-state index in [4.69, 9.17) is 19.9 Å². The Morgan fingerprint density at radius 1 is 1.17 bits per heavy atom. The zero-order valence-electron chi connectivity index (χ0n) is 16.3. The molecule has 4 rings (SSSR count).